The minimum atomic E-state index is -0.121. The summed E-state index contributed by atoms with van der Waals surface area (Å²) in [6.45, 7) is 11.1. The molecule has 0 heterocycles. The topological polar surface area (TPSA) is 33.5 Å². The van der Waals surface area contributed by atoms with Crippen molar-refractivity contribution < 1.29 is 9.69 Å². The maximum Gasteiger partial charge on any atom is 0.282 e. The Balaban J connectivity index is 2.08. The number of anilines is 1. The Kier molecular flexibility index (Phi) is 5.79. The van der Waals surface area contributed by atoms with Crippen LogP contribution in [0.25, 0.3) is 0 Å². The maximum absolute atomic E-state index is 12.7. The molecule has 0 saturated heterocycles. The van der Waals surface area contributed by atoms with Crippen LogP contribution in [0.2, 0.25) is 0 Å². The molecule has 2 aromatic rings. The zero-order chi connectivity index (χ0) is 17.9. The van der Waals surface area contributed by atoms with E-state index in [1.807, 2.05) is 26.8 Å². The van der Waals surface area contributed by atoms with Crippen LogP contribution in [0.4, 0.5) is 5.69 Å². The lowest BCUT2D eigenvalue weighted by atomic mass is 10.0. The van der Waals surface area contributed by atoms with Gasteiger partial charge in [0.15, 0.2) is 6.04 Å². The molecule has 0 spiro atoms. The molecule has 0 aliphatic rings. The molecule has 3 heteroatoms. The summed E-state index contributed by atoms with van der Waals surface area (Å²) in [5.41, 5.74) is 6.96. The average Bonchev–Trinajstić information content (AvgIpc) is 2.52. The summed E-state index contributed by atoms with van der Waals surface area (Å²) in [5, 5.41) is 3.13. The SMILES string of the molecule is Cc1cc(C)c(NC(=O)[C@@H](C)[NH+](C)Cc2ccccc2C)c(C)c1. The Morgan fingerprint density at radius 1 is 1.04 bits per heavy atom. The van der Waals surface area contributed by atoms with Crippen LogP contribution in [0, 0.1) is 27.7 Å². The average molecular weight is 325 g/mol. The first-order valence-corrected chi connectivity index (χ1v) is 8.55. The van der Waals surface area contributed by atoms with Crippen LogP contribution in [0.15, 0.2) is 36.4 Å². The molecule has 24 heavy (non-hydrogen) atoms. The van der Waals surface area contributed by atoms with E-state index in [2.05, 4.69) is 56.5 Å². The lowest BCUT2D eigenvalue weighted by molar-refractivity contribution is -0.907. The number of benzene rings is 2. The van der Waals surface area contributed by atoms with Crippen molar-refractivity contribution in [2.45, 2.75) is 47.2 Å². The van der Waals surface area contributed by atoms with Gasteiger partial charge in [-0.05, 0) is 51.3 Å². The van der Waals surface area contributed by atoms with Crippen molar-refractivity contribution in [2.24, 2.45) is 0 Å². The van der Waals surface area contributed by atoms with Crippen molar-refractivity contribution in [2.75, 3.05) is 12.4 Å². The van der Waals surface area contributed by atoms with Crippen molar-refractivity contribution >= 4 is 11.6 Å². The molecule has 0 saturated carbocycles. The second-order valence-electron chi connectivity index (χ2n) is 6.93. The fourth-order valence-electron chi connectivity index (χ4n) is 3.09. The zero-order valence-electron chi connectivity index (χ0n) is 15.7. The minimum absolute atomic E-state index is 0.0659. The normalized spacial score (nSPS) is 13.4. The highest BCUT2D eigenvalue weighted by molar-refractivity contribution is 5.95. The minimum Gasteiger partial charge on any atom is -0.324 e. The van der Waals surface area contributed by atoms with E-state index in [0.29, 0.717) is 0 Å². The molecule has 1 unspecified atom stereocenters. The van der Waals surface area contributed by atoms with Gasteiger partial charge < -0.3 is 10.2 Å². The van der Waals surface area contributed by atoms with Gasteiger partial charge in [-0.3, -0.25) is 4.79 Å². The highest BCUT2D eigenvalue weighted by Gasteiger charge is 2.23. The second-order valence-corrected chi connectivity index (χ2v) is 6.93. The summed E-state index contributed by atoms with van der Waals surface area (Å²) in [6, 6.07) is 12.5. The lowest BCUT2D eigenvalue weighted by Gasteiger charge is -2.23. The molecule has 0 radical (unpaired) electrons. The molecule has 2 atom stereocenters. The van der Waals surface area contributed by atoms with Crippen molar-refractivity contribution in [3.8, 4) is 0 Å². The monoisotopic (exact) mass is 325 g/mol. The predicted molar refractivity (Wildman–Crippen MR) is 101 cm³/mol. The maximum atomic E-state index is 12.7. The largest absolute Gasteiger partial charge is 0.324 e. The van der Waals surface area contributed by atoms with Gasteiger partial charge >= 0.3 is 0 Å². The second kappa shape index (κ2) is 7.63. The van der Waals surface area contributed by atoms with Crippen LogP contribution in [-0.4, -0.2) is 19.0 Å². The fourth-order valence-corrected chi connectivity index (χ4v) is 3.09. The van der Waals surface area contributed by atoms with E-state index in [9.17, 15) is 4.79 Å². The van der Waals surface area contributed by atoms with E-state index >= 15 is 0 Å². The van der Waals surface area contributed by atoms with Gasteiger partial charge in [0, 0.05) is 11.3 Å². The van der Waals surface area contributed by atoms with Crippen molar-refractivity contribution in [3.05, 3.63) is 64.2 Å². The molecular weight excluding hydrogens is 296 g/mol. The predicted octanol–water partition coefficient (Wildman–Crippen LogP) is 2.96. The molecule has 2 N–H and O–H groups in total. The van der Waals surface area contributed by atoms with E-state index in [0.717, 1.165) is 23.4 Å². The Hall–Kier alpha value is -2.13. The molecule has 0 aromatic heterocycles. The van der Waals surface area contributed by atoms with Gasteiger partial charge in [-0.25, -0.2) is 0 Å². The van der Waals surface area contributed by atoms with Gasteiger partial charge in [0.2, 0.25) is 0 Å². The summed E-state index contributed by atoms with van der Waals surface area (Å²) < 4.78 is 0. The molecule has 3 nitrogen and oxygen atoms in total. The highest BCUT2D eigenvalue weighted by atomic mass is 16.2. The molecule has 2 rings (SSSR count). The molecule has 0 bridgehead atoms. The third kappa shape index (κ3) is 4.24. The summed E-state index contributed by atoms with van der Waals surface area (Å²) in [5.74, 6) is 0.0659. The number of nitrogens with one attached hydrogen (secondary N) is 2. The summed E-state index contributed by atoms with van der Waals surface area (Å²) >= 11 is 0. The van der Waals surface area contributed by atoms with E-state index in [1.165, 1.54) is 21.6 Å². The zero-order valence-corrected chi connectivity index (χ0v) is 15.7. The number of carbonyl (C=O) groups excluding carboxylic acids is 1. The number of quaternary nitrogens is 1. The number of hydrogen-bond acceptors (Lipinski definition) is 1. The quantitative estimate of drug-likeness (QED) is 0.871. The molecular formula is C21H29N2O+. The summed E-state index contributed by atoms with van der Waals surface area (Å²) in [6.07, 6.45) is 0. The van der Waals surface area contributed by atoms with E-state index < -0.39 is 0 Å². The first-order valence-electron chi connectivity index (χ1n) is 8.55. The molecule has 2 aromatic carbocycles. The standard InChI is InChI=1S/C21H28N2O/c1-14-11-16(3)20(17(4)12-14)22-21(24)18(5)23(6)13-19-10-8-7-9-15(19)2/h7-12,18H,13H2,1-6H3,(H,22,24)/p+1/t18-/m1/s1. The number of rotatable bonds is 5. The number of amides is 1. The Bertz CT molecular complexity index is 713. The summed E-state index contributed by atoms with van der Waals surface area (Å²) in [4.78, 5) is 13.9. The Labute approximate surface area is 145 Å². The number of carbonyl (C=O) groups is 1. The number of likely N-dealkylation sites (N-methyl/N-ethyl adjacent to an activating group) is 1. The van der Waals surface area contributed by atoms with Crippen LogP contribution >= 0.6 is 0 Å². The van der Waals surface area contributed by atoms with Crippen molar-refractivity contribution in [1.82, 2.24) is 0 Å². The van der Waals surface area contributed by atoms with Gasteiger partial charge in [-0.15, -0.1) is 0 Å². The van der Waals surface area contributed by atoms with Crippen LogP contribution in [0.1, 0.15) is 34.7 Å². The van der Waals surface area contributed by atoms with Crippen LogP contribution < -0.4 is 10.2 Å². The highest BCUT2D eigenvalue weighted by Crippen LogP contribution is 2.21. The van der Waals surface area contributed by atoms with Gasteiger partial charge in [-0.2, -0.15) is 0 Å². The molecule has 0 fully saturated rings. The fraction of sp³-hybridized carbons (Fsp3) is 0.381. The molecule has 128 valence electrons. The third-order valence-corrected chi connectivity index (χ3v) is 4.79. The van der Waals surface area contributed by atoms with Gasteiger partial charge in [-0.1, -0.05) is 42.0 Å². The van der Waals surface area contributed by atoms with Gasteiger partial charge in [0.1, 0.15) is 6.54 Å². The lowest BCUT2D eigenvalue weighted by Crippen LogP contribution is -3.12. The van der Waals surface area contributed by atoms with E-state index in [4.69, 9.17) is 0 Å². The molecule has 0 aliphatic carbocycles. The third-order valence-electron chi connectivity index (χ3n) is 4.79. The van der Waals surface area contributed by atoms with Crippen molar-refractivity contribution in [1.29, 1.82) is 0 Å². The van der Waals surface area contributed by atoms with Gasteiger partial charge in [0.25, 0.3) is 5.91 Å². The smallest absolute Gasteiger partial charge is 0.282 e. The first-order chi connectivity index (χ1) is 11.3. The van der Waals surface area contributed by atoms with Crippen LogP contribution in [-0.2, 0) is 11.3 Å². The summed E-state index contributed by atoms with van der Waals surface area (Å²) in [7, 11) is 2.07. The first kappa shape index (κ1) is 18.2. The molecule has 1 amide bonds. The molecule has 0 aliphatic heterocycles. The van der Waals surface area contributed by atoms with Crippen molar-refractivity contribution in [3.63, 3.8) is 0 Å². The number of hydrogen-bond donors (Lipinski definition) is 2. The number of aryl methyl sites for hydroxylation is 4. The van der Waals surface area contributed by atoms with Crippen LogP contribution in [0.3, 0.4) is 0 Å². The Morgan fingerprint density at radius 3 is 2.21 bits per heavy atom. The van der Waals surface area contributed by atoms with Crippen LogP contribution in [0.5, 0.6) is 0 Å². The Morgan fingerprint density at radius 2 is 1.62 bits per heavy atom. The van der Waals surface area contributed by atoms with E-state index in [1.54, 1.807) is 0 Å². The van der Waals surface area contributed by atoms with Gasteiger partial charge in [0.05, 0.1) is 7.05 Å². The van der Waals surface area contributed by atoms with E-state index in [-0.39, 0.29) is 11.9 Å².